The Morgan fingerprint density at radius 3 is 2.44 bits per heavy atom. The van der Waals surface area contributed by atoms with Gasteiger partial charge in [-0.05, 0) is 44.7 Å². The standard InChI is InChI=1S/C21H26N4O2/c1-15-7-8-16-5-4-6-18(19(16)22-15)23-20(26)17-9-13-25(14-10-17)21(27)24-11-2-3-12-24/h4-8,17H,2-3,9-14H2,1H3,(H,23,26). The largest absolute Gasteiger partial charge is 0.325 e. The smallest absolute Gasteiger partial charge is 0.319 e. The molecule has 0 unspecified atom stereocenters. The molecule has 142 valence electrons. The van der Waals surface area contributed by atoms with E-state index in [0.717, 1.165) is 48.2 Å². The number of para-hydroxylation sites is 1. The maximum atomic E-state index is 12.8. The molecule has 2 aliphatic rings. The minimum absolute atomic E-state index is 0.0269. The molecule has 0 atom stereocenters. The molecule has 6 heteroatoms. The molecule has 2 aromatic rings. The van der Waals surface area contributed by atoms with Gasteiger partial charge in [0.1, 0.15) is 0 Å². The normalized spacial score (nSPS) is 18.1. The van der Waals surface area contributed by atoms with Gasteiger partial charge in [0.15, 0.2) is 0 Å². The highest BCUT2D eigenvalue weighted by Crippen LogP contribution is 2.25. The summed E-state index contributed by atoms with van der Waals surface area (Å²) in [5.74, 6) is -0.0354. The lowest BCUT2D eigenvalue weighted by atomic mass is 9.96. The lowest BCUT2D eigenvalue weighted by Crippen LogP contribution is -2.47. The first-order valence-electron chi connectivity index (χ1n) is 9.83. The van der Waals surface area contributed by atoms with E-state index >= 15 is 0 Å². The lowest BCUT2D eigenvalue weighted by Gasteiger charge is -2.34. The number of likely N-dealkylation sites (tertiary alicyclic amines) is 2. The van der Waals surface area contributed by atoms with Crippen LogP contribution in [0.5, 0.6) is 0 Å². The van der Waals surface area contributed by atoms with E-state index < -0.39 is 0 Å². The van der Waals surface area contributed by atoms with E-state index in [1.807, 2.05) is 47.1 Å². The maximum absolute atomic E-state index is 12.8. The quantitative estimate of drug-likeness (QED) is 0.886. The van der Waals surface area contributed by atoms with Crippen molar-refractivity contribution in [2.45, 2.75) is 32.6 Å². The molecule has 1 aromatic heterocycles. The Kier molecular flexibility index (Phi) is 4.97. The number of fused-ring (bicyclic) bond motifs is 1. The third-order valence-electron chi connectivity index (χ3n) is 5.63. The van der Waals surface area contributed by atoms with Gasteiger partial charge in [0, 0.05) is 43.2 Å². The van der Waals surface area contributed by atoms with Crippen molar-refractivity contribution in [2.75, 3.05) is 31.5 Å². The maximum Gasteiger partial charge on any atom is 0.319 e. The first kappa shape index (κ1) is 17.8. The Balaban J connectivity index is 1.39. The van der Waals surface area contributed by atoms with Crippen LogP contribution in [0.3, 0.4) is 0 Å². The topological polar surface area (TPSA) is 65.5 Å². The lowest BCUT2D eigenvalue weighted by molar-refractivity contribution is -0.121. The molecule has 0 saturated carbocycles. The van der Waals surface area contributed by atoms with Crippen LogP contribution in [0.25, 0.3) is 10.9 Å². The molecule has 2 saturated heterocycles. The van der Waals surface area contributed by atoms with Crippen molar-refractivity contribution in [2.24, 2.45) is 5.92 Å². The van der Waals surface area contributed by atoms with Gasteiger partial charge in [0.05, 0.1) is 11.2 Å². The summed E-state index contributed by atoms with van der Waals surface area (Å²) in [5.41, 5.74) is 2.52. The van der Waals surface area contributed by atoms with Crippen molar-refractivity contribution in [1.29, 1.82) is 0 Å². The van der Waals surface area contributed by atoms with E-state index in [0.29, 0.717) is 25.9 Å². The van der Waals surface area contributed by atoms with E-state index in [1.165, 1.54) is 0 Å². The first-order valence-corrected chi connectivity index (χ1v) is 9.83. The van der Waals surface area contributed by atoms with Gasteiger partial charge in [0.25, 0.3) is 0 Å². The summed E-state index contributed by atoms with van der Waals surface area (Å²) in [6.07, 6.45) is 3.62. The molecular weight excluding hydrogens is 340 g/mol. The number of aryl methyl sites for hydroxylation is 1. The van der Waals surface area contributed by atoms with Gasteiger partial charge >= 0.3 is 6.03 Å². The van der Waals surface area contributed by atoms with Crippen LogP contribution in [0.4, 0.5) is 10.5 Å². The van der Waals surface area contributed by atoms with Crippen molar-refractivity contribution in [3.05, 3.63) is 36.0 Å². The number of carbonyl (C=O) groups is 2. The summed E-state index contributed by atoms with van der Waals surface area (Å²) in [5, 5.41) is 4.08. The molecule has 6 nitrogen and oxygen atoms in total. The number of amides is 3. The molecule has 1 N–H and O–H groups in total. The van der Waals surface area contributed by atoms with Crippen LogP contribution in [0.1, 0.15) is 31.4 Å². The van der Waals surface area contributed by atoms with E-state index in [2.05, 4.69) is 10.3 Å². The number of rotatable bonds is 2. The highest BCUT2D eigenvalue weighted by atomic mass is 16.2. The minimum Gasteiger partial charge on any atom is -0.325 e. The number of anilines is 1. The Hall–Kier alpha value is -2.63. The number of aromatic nitrogens is 1. The molecule has 3 heterocycles. The summed E-state index contributed by atoms with van der Waals surface area (Å²) >= 11 is 0. The van der Waals surface area contributed by atoms with Crippen LogP contribution in [0.2, 0.25) is 0 Å². The van der Waals surface area contributed by atoms with Crippen LogP contribution in [0, 0.1) is 12.8 Å². The zero-order valence-corrected chi connectivity index (χ0v) is 15.8. The van der Waals surface area contributed by atoms with Crippen LogP contribution < -0.4 is 5.32 Å². The van der Waals surface area contributed by atoms with Crippen LogP contribution in [-0.2, 0) is 4.79 Å². The Labute approximate surface area is 159 Å². The van der Waals surface area contributed by atoms with E-state index in [-0.39, 0.29) is 17.9 Å². The molecule has 0 aliphatic carbocycles. The van der Waals surface area contributed by atoms with Crippen molar-refractivity contribution in [1.82, 2.24) is 14.8 Å². The second kappa shape index (κ2) is 7.55. The molecule has 2 fully saturated rings. The fourth-order valence-corrected chi connectivity index (χ4v) is 4.02. The number of nitrogens with zero attached hydrogens (tertiary/aromatic N) is 3. The number of hydrogen-bond donors (Lipinski definition) is 1. The van der Waals surface area contributed by atoms with E-state index in [1.54, 1.807) is 0 Å². The zero-order valence-electron chi connectivity index (χ0n) is 15.8. The van der Waals surface area contributed by atoms with Gasteiger partial charge in [-0.3, -0.25) is 9.78 Å². The average Bonchev–Trinajstić information content (AvgIpc) is 3.23. The third-order valence-corrected chi connectivity index (χ3v) is 5.63. The van der Waals surface area contributed by atoms with Gasteiger partial charge < -0.3 is 15.1 Å². The SMILES string of the molecule is Cc1ccc2cccc(NC(=O)C3CCN(C(=O)N4CCCC4)CC3)c2n1. The van der Waals surface area contributed by atoms with Gasteiger partial charge in [-0.25, -0.2) is 4.79 Å². The predicted molar refractivity (Wildman–Crippen MR) is 106 cm³/mol. The Morgan fingerprint density at radius 2 is 1.70 bits per heavy atom. The van der Waals surface area contributed by atoms with Crippen molar-refractivity contribution in [3.8, 4) is 0 Å². The van der Waals surface area contributed by atoms with Gasteiger partial charge in [-0.1, -0.05) is 18.2 Å². The average molecular weight is 366 g/mol. The summed E-state index contributed by atoms with van der Waals surface area (Å²) in [7, 11) is 0. The fraction of sp³-hybridized carbons (Fsp3) is 0.476. The van der Waals surface area contributed by atoms with Crippen molar-refractivity contribution in [3.63, 3.8) is 0 Å². The summed E-state index contributed by atoms with van der Waals surface area (Å²) in [4.78, 5) is 33.7. The summed E-state index contributed by atoms with van der Waals surface area (Å²) in [6, 6.07) is 9.97. The van der Waals surface area contributed by atoms with Gasteiger partial charge in [-0.2, -0.15) is 0 Å². The molecule has 0 radical (unpaired) electrons. The second-order valence-corrected chi connectivity index (χ2v) is 7.56. The number of piperidine rings is 1. The van der Waals surface area contributed by atoms with Crippen molar-refractivity contribution >= 4 is 28.5 Å². The highest BCUT2D eigenvalue weighted by molar-refractivity contribution is 6.01. The van der Waals surface area contributed by atoms with Gasteiger partial charge in [-0.15, -0.1) is 0 Å². The minimum atomic E-state index is -0.0623. The van der Waals surface area contributed by atoms with Crippen LogP contribution in [0.15, 0.2) is 30.3 Å². The Morgan fingerprint density at radius 1 is 1.00 bits per heavy atom. The molecule has 2 aliphatic heterocycles. The highest BCUT2D eigenvalue weighted by Gasteiger charge is 2.30. The molecule has 1 aromatic carbocycles. The summed E-state index contributed by atoms with van der Waals surface area (Å²) < 4.78 is 0. The number of benzene rings is 1. The molecular formula is C21H26N4O2. The van der Waals surface area contributed by atoms with E-state index in [9.17, 15) is 9.59 Å². The first-order chi connectivity index (χ1) is 13.1. The fourth-order valence-electron chi connectivity index (χ4n) is 4.02. The van der Waals surface area contributed by atoms with E-state index in [4.69, 9.17) is 0 Å². The number of pyridine rings is 1. The summed E-state index contributed by atoms with van der Waals surface area (Å²) in [6.45, 7) is 4.99. The molecule has 0 bridgehead atoms. The number of nitrogens with one attached hydrogen (secondary N) is 1. The number of urea groups is 1. The number of carbonyl (C=O) groups excluding carboxylic acids is 2. The van der Waals surface area contributed by atoms with Crippen LogP contribution >= 0.6 is 0 Å². The monoisotopic (exact) mass is 366 g/mol. The molecule has 27 heavy (non-hydrogen) atoms. The molecule has 3 amide bonds. The molecule has 4 rings (SSSR count). The predicted octanol–water partition coefficient (Wildman–Crippen LogP) is 3.41. The van der Waals surface area contributed by atoms with Crippen molar-refractivity contribution < 1.29 is 9.59 Å². The Bertz CT molecular complexity index is 852. The van der Waals surface area contributed by atoms with Crippen LogP contribution in [-0.4, -0.2) is 52.9 Å². The third kappa shape index (κ3) is 3.75. The van der Waals surface area contributed by atoms with Gasteiger partial charge in [0.2, 0.25) is 5.91 Å². The second-order valence-electron chi connectivity index (χ2n) is 7.56. The zero-order chi connectivity index (χ0) is 18.8. The molecule has 0 spiro atoms. The number of hydrogen-bond acceptors (Lipinski definition) is 3.